The van der Waals surface area contributed by atoms with Crippen molar-refractivity contribution in [3.8, 4) is 16.9 Å². The Hall–Kier alpha value is -2.02. The lowest BCUT2D eigenvalue weighted by molar-refractivity contribution is 0.322. The smallest absolute Gasteiger partial charge is 0.175 e. The summed E-state index contributed by atoms with van der Waals surface area (Å²) in [5.74, 6) is 1.70. The van der Waals surface area contributed by atoms with E-state index in [2.05, 4.69) is 29.7 Å². The third-order valence-corrected chi connectivity index (χ3v) is 6.79. The quantitative estimate of drug-likeness (QED) is 0.562. The molecule has 0 fully saturated rings. The van der Waals surface area contributed by atoms with Crippen LogP contribution in [0.1, 0.15) is 11.3 Å². The summed E-state index contributed by atoms with van der Waals surface area (Å²) in [6.45, 7) is 2.32. The van der Waals surface area contributed by atoms with Crippen molar-refractivity contribution in [2.45, 2.75) is 18.2 Å². The summed E-state index contributed by atoms with van der Waals surface area (Å²) in [5.41, 5.74) is 5.55. The zero-order valence-corrected chi connectivity index (χ0v) is 17.8. The zero-order chi connectivity index (χ0) is 20.1. The summed E-state index contributed by atoms with van der Waals surface area (Å²) >= 11 is 1.74. The van der Waals surface area contributed by atoms with Crippen molar-refractivity contribution in [1.29, 1.82) is 0 Å². The second kappa shape index (κ2) is 8.99. The van der Waals surface area contributed by atoms with Gasteiger partial charge in [-0.05, 0) is 60.6 Å². The van der Waals surface area contributed by atoms with Gasteiger partial charge in [-0.1, -0.05) is 30.3 Å². The standard InChI is InChI=1S/C22H25NO3S2/c1-17-19(12-14-27-15-13-24)16-22(23(17)20-6-4-3-5-7-20)18-8-10-21(11-9-18)28(2,25)26/h3-11,16,24H,12-15H2,1-2H3. The van der Waals surface area contributed by atoms with E-state index in [-0.39, 0.29) is 6.61 Å². The highest BCUT2D eigenvalue weighted by molar-refractivity contribution is 7.99. The molecular weight excluding hydrogens is 390 g/mol. The van der Waals surface area contributed by atoms with Gasteiger partial charge >= 0.3 is 0 Å². The van der Waals surface area contributed by atoms with Crippen LogP contribution in [0.25, 0.3) is 16.9 Å². The van der Waals surface area contributed by atoms with Crippen molar-refractivity contribution < 1.29 is 13.5 Å². The first-order valence-electron chi connectivity index (χ1n) is 9.17. The average Bonchev–Trinajstić information content (AvgIpc) is 3.02. The second-order valence-corrected chi connectivity index (χ2v) is 9.93. The SMILES string of the molecule is Cc1c(CCSCCO)cc(-c2ccc(S(C)(=O)=O)cc2)n1-c1ccccc1. The van der Waals surface area contributed by atoms with E-state index in [1.807, 2.05) is 30.3 Å². The molecular formula is C22H25NO3S2. The van der Waals surface area contributed by atoms with Gasteiger partial charge in [-0.2, -0.15) is 11.8 Å². The number of hydrogen-bond donors (Lipinski definition) is 1. The number of aromatic nitrogens is 1. The molecule has 148 valence electrons. The molecule has 1 heterocycles. The van der Waals surface area contributed by atoms with Crippen molar-refractivity contribution in [3.05, 3.63) is 71.9 Å². The molecule has 0 amide bonds. The van der Waals surface area contributed by atoms with Gasteiger partial charge in [0.05, 0.1) is 17.2 Å². The topological polar surface area (TPSA) is 59.3 Å². The number of hydrogen-bond acceptors (Lipinski definition) is 4. The molecule has 2 aromatic carbocycles. The number of para-hydroxylation sites is 1. The molecule has 0 unspecified atom stereocenters. The summed E-state index contributed by atoms with van der Waals surface area (Å²) in [6.07, 6.45) is 2.14. The third kappa shape index (κ3) is 4.69. The lowest BCUT2D eigenvalue weighted by Crippen LogP contribution is -2.01. The van der Waals surface area contributed by atoms with E-state index in [0.29, 0.717) is 4.90 Å². The van der Waals surface area contributed by atoms with Crippen molar-refractivity contribution in [2.24, 2.45) is 0 Å². The summed E-state index contributed by atoms with van der Waals surface area (Å²) in [6, 6.07) is 19.4. The van der Waals surface area contributed by atoms with Crippen LogP contribution in [-0.2, 0) is 16.3 Å². The molecule has 0 saturated carbocycles. The molecule has 0 aliphatic carbocycles. The molecule has 3 aromatic rings. The summed E-state index contributed by atoms with van der Waals surface area (Å²) < 4.78 is 25.8. The number of aliphatic hydroxyl groups excluding tert-OH is 1. The first-order chi connectivity index (χ1) is 13.4. The van der Waals surface area contributed by atoms with Gasteiger partial charge in [0, 0.05) is 23.4 Å². The Balaban J connectivity index is 2.03. The van der Waals surface area contributed by atoms with Crippen molar-refractivity contribution >= 4 is 21.6 Å². The fourth-order valence-corrected chi connectivity index (χ4v) is 4.58. The van der Waals surface area contributed by atoms with Crippen LogP contribution in [0.2, 0.25) is 0 Å². The minimum Gasteiger partial charge on any atom is -0.396 e. The normalized spacial score (nSPS) is 11.7. The zero-order valence-electron chi connectivity index (χ0n) is 16.1. The largest absolute Gasteiger partial charge is 0.396 e. The highest BCUT2D eigenvalue weighted by atomic mass is 32.2. The number of thioether (sulfide) groups is 1. The van der Waals surface area contributed by atoms with Crippen LogP contribution in [0.15, 0.2) is 65.6 Å². The Kier molecular flexibility index (Phi) is 6.65. The Morgan fingerprint density at radius 3 is 2.29 bits per heavy atom. The Bertz CT molecular complexity index is 1020. The van der Waals surface area contributed by atoms with Crippen molar-refractivity contribution in [2.75, 3.05) is 24.4 Å². The molecule has 0 aliphatic rings. The van der Waals surface area contributed by atoms with E-state index < -0.39 is 9.84 Å². The summed E-state index contributed by atoms with van der Waals surface area (Å²) in [5, 5.41) is 8.98. The fraction of sp³-hybridized carbons (Fsp3) is 0.273. The van der Waals surface area contributed by atoms with Crippen molar-refractivity contribution in [3.63, 3.8) is 0 Å². The molecule has 0 aliphatic heterocycles. The monoisotopic (exact) mass is 415 g/mol. The van der Waals surface area contributed by atoms with Gasteiger partial charge < -0.3 is 9.67 Å². The van der Waals surface area contributed by atoms with Gasteiger partial charge in [-0.3, -0.25) is 0 Å². The van der Waals surface area contributed by atoms with Crippen LogP contribution in [0.3, 0.4) is 0 Å². The van der Waals surface area contributed by atoms with E-state index in [0.717, 1.165) is 34.9 Å². The molecule has 1 N–H and O–H groups in total. The van der Waals surface area contributed by atoms with Gasteiger partial charge in [0.1, 0.15) is 0 Å². The minimum absolute atomic E-state index is 0.201. The van der Waals surface area contributed by atoms with Crippen LogP contribution < -0.4 is 0 Å². The number of aliphatic hydroxyl groups is 1. The average molecular weight is 416 g/mol. The predicted octanol–water partition coefficient (Wildman–Crippen LogP) is 4.12. The first-order valence-corrected chi connectivity index (χ1v) is 12.2. The van der Waals surface area contributed by atoms with Gasteiger partial charge in [0.2, 0.25) is 0 Å². The van der Waals surface area contributed by atoms with Gasteiger partial charge in [0.15, 0.2) is 9.84 Å². The minimum atomic E-state index is -3.21. The molecule has 6 heteroatoms. The van der Waals surface area contributed by atoms with Gasteiger partial charge in [0.25, 0.3) is 0 Å². The maximum atomic E-state index is 11.8. The number of benzene rings is 2. The lowest BCUT2D eigenvalue weighted by Gasteiger charge is -2.13. The molecule has 4 nitrogen and oxygen atoms in total. The Labute approximate surface area is 171 Å². The van der Waals surface area contributed by atoms with Crippen molar-refractivity contribution in [1.82, 2.24) is 4.57 Å². The lowest BCUT2D eigenvalue weighted by atomic mass is 10.1. The fourth-order valence-electron chi connectivity index (χ4n) is 3.26. The van der Waals surface area contributed by atoms with E-state index in [1.54, 1.807) is 23.9 Å². The van der Waals surface area contributed by atoms with Crippen LogP contribution in [0.5, 0.6) is 0 Å². The maximum Gasteiger partial charge on any atom is 0.175 e. The molecule has 3 rings (SSSR count). The molecule has 28 heavy (non-hydrogen) atoms. The summed E-state index contributed by atoms with van der Waals surface area (Å²) in [4.78, 5) is 0.325. The molecule has 0 atom stereocenters. The van der Waals surface area contributed by atoms with E-state index in [4.69, 9.17) is 5.11 Å². The number of rotatable bonds is 8. The van der Waals surface area contributed by atoms with E-state index in [1.165, 1.54) is 17.5 Å². The number of sulfone groups is 1. The maximum absolute atomic E-state index is 11.8. The predicted molar refractivity (Wildman–Crippen MR) is 117 cm³/mol. The molecule has 0 spiro atoms. The van der Waals surface area contributed by atoms with Gasteiger partial charge in [-0.15, -0.1) is 0 Å². The Morgan fingerprint density at radius 2 is 1.68 bits per heavy atom. The number of aryl methyl sites for hydroxylation is 1. The molecule has 1 aromatic heterocycles. The van der Waals surface area contributed by atoms with Crippen LogP contribution in [0.4, 0.5) is 0 Å². The highest BCUT2D eigenvalue weighted by Gasteiger charge is 2.15. The van der Waals surface area contributed by atoms with Gasteiger partial charge in [-0.25, -0.2) is 8.42 Å². The highest BCUT2D eigenvalue weighted by Crippen LogP contribution is 2.31. The van der Waals surface area contributed by atoms with Crippen LogP contribution in [-0.4, -0.2) is 42.5 Å². The van der Waals surface area contributed by atoms with E-state index >= 15 is 0 Å². The molecule has 0 radical (unpaired) electrons. The number of nitrogens with zero attached hydrogens (tertiary/aromatic N) is 1. The Morgan fingerprint density at radius 1 is 1.00 bits per heavy atom. The summed E-state index contributed by atoms with van der Waals surface area (Å²) in [7, 11) is -3.21. The third-order valence-electron chi connectivity index (χ3n) is 4.70. The molecule has 0 saturated heterocycles. The van der Waals surface area contributed by atoms with Crippen LogP contribution in [0, 0.1) is 6.92 Å². The first kappa shape index (κ1) is 20.7. The molecule has 0 bridgehead atoms. The van der Waals surface area contributed by atoms with Crippen LogP contribution >= 0.6 is 11.8 Å². The van der Waals surface area contributed by atoms with E-state index in [9.17, 15) is 8.42 Å². The second-order valence-electron chi connectivity index (χ2n) is 6.69.